The minimum Gasteiger partial charge on any atom is -0.395 e. The number of hydrogen-bond donors (Lipinski definition) is 2. The van der Waals surface area contributed by atoms with Gasteiger partial charge in [0.05, 0.1) is 6.61 Å². The van der Waals surface area contributed by atoms with E-state index in [1.54, 1.807) is 0 Å². The molecule has 2 unspecified atom stereocenters. The number of rotatable bonds is 6. The topological polar surface area (TPSA) is 55.5 Å². The fourth-order valence-electron chi connectivity index (χ4n) is 2.03. The third-order valence-corrected chi connectivity index (χ3v) is 4.64. The molecule has 16 heavy (non-hydrogen) atoms. The highest BCUT2D eigenvalue weighted by Gasteiger charge is 2.24. The number of thioether (sulfide) groups is 1. The number of aliphatic hydroxyl groups is 1. The van der Waals surface area contributed by atoms with Crippen molar-refractivity contribution in [3.05, 3.63) is 0 Å². The Bertz CT molecular complexity index is 184. The molecule has 0 radical (unpaired) electrons. The third-order valence-electron chi connectivity index (χ3n) is 2.94. The van der Waals surface area contributed by atoms with E-state index in [1.165, 1.54) is 0 Å². The average molecular weight is 247 g/mol. The van der Waals surface area contributed by atoms with Gasteiger partial charge >= 0.3 is 0 Å². The summed E-state index contributed by atoms with van der Waals surface area (Å²) >= 11 is 1.86. The zero-order valence-electron chi connectivity index (χ0n) is 10.4. The van der Waals surface area contributed by atoms with Gasteiger partial charge in [-0.1, -0.05) is 13.8 Å². The summed E-state index contributed by atoms with van der Waals surface area (Å²) in [6.07, 6.45) is 3.17. The molecule has 0 bridgehead atoms. The Hall–Kier alpha value is 0.230. The molecule has 1 aliphatic rings. The first-order valence-corrected chi connectivity index (χ1v) is 7.17. The van der Waals surface area contributed by atoms with Gasteiger partial charge in [0, 0.05) is 29.8 Å². The van der Waals surface area contributed by atoms with Gasteiger partial charge in [-0.3, -0.25) is 0 Å². The fourth-order valence-corrected chi connectivity index (χ4v) is 3.39. The molecule has 2 atom stereocenters. The molecule has 0 spiro atoms. The SMILES string of the molecule is CC(C)CC(N)C(CO)SC1CCOCC1. The maximum absolute atomic E-state index is 9.41. The van der Waals surface area contributed by atoms with E-state index in [2.05, 4.69) is 13.8 Å². The average Bonchev–Trinajstić information content (AvgIpc) is 2.26. The summed E-state index contributed by atoms with van der Waals surface area (Å²) in [5.74, 6) is 0.597. The molecule has 0 amide bonds. The minimum atomic E-state index is 0.109. The van der Waals surface area contributed by atoms with E-state index in [-0.39, 0.29) is 17.9 Å². The lowest BCUT2D eigenvalue weighted by atomic mass is 10.0. The molecule has 3 N–H and O–H groups in total. The highest BCUT2D eigenvalue weighted by molar-refractivity contribution is 8.00. The van der Waals surface area contributed by atoms with Crippen LogP contribution in [0.4, 0.5) is 0 Å². The second-order valence-corrected chi connectivity index (χ2v) is 6.51. The molecule has 1 fully saturated rings. The normalized spacial score (nSPS) is 22.3. The predicted octanol–water partition coefficient (Wildman–Crippen LogP) is 1.63. The number of nitrogens with two attached hydrogens (primary N) is 1. The smallest absolute Gasteiger partial charge is 0.0565 e. The maximum atomic E-state index is 9.41. The molecule has 0 aliphatic carbocycles. The second-order valence-electron chi connectivity index (χ2n) is 4.96. The number of aliphatic hydroxyl groups excluding tert-OH is 1. The van der Waals surface area contributed by atoms with Crippen LogP contribution < -0.4 is 5.73 Å². The van der Waals surface area contributed by atoms with Crippen LogP contribution in [0.25, 0.3) is 0 Å². The zero-order chi connectivity index (χ0) is 12.0. The van der Waals surface area contributed by atoms with Crippen LogP contribution in [0.5, 0.6) is 0 Å². The van der Waals surface area contributed by atoms with Crippen LogP contribution >= 0.6 is 11.8 Å². The molecule has 96 valence electrons. The van der Waals surface area contributed by atoms with E-state index in [0.717, 1.165) is 32.5 Å². The summed E-state index contributed by atoms with van der Waals surface area (Å²) in [5, 5.41) is 10.2. The molecule has 0 aromatic carbocycles. The Kier molecular flexibility index (Phi) is 6.73. The van der Waals surface area contributed by atoms with E-state index in [1.807, 2.05) is 11.8 Å². The van der Waals surface area contributed by atoms with Gasteiger partial charge in [0.1, 0.15) is 0 Å². The van der Waals surface area contributed by atoms with Crippen molar-refractivity contribution in [2.24, 2.45) is 11.7 Å². The van der Waals surface area contributed by atoms with E-state index in [9.17, 15) is 5.11 Å². The summed E-state index contributed by atoms with van der Waals surface area (Å²) in [6, 6.07) is 0.109. The third kappa shape index (κ3) is 5.04. The molecular formula is C12H25NO2S. The van der Waals surface area contributed by atoms with Crippen LogP contribution in [-0.4, -0.2) is 41.5 Å². The Morgan fingerprint density at radius 3 is 2.50 bits per heavy atom. The van der Waals surface area contributed by atoms with Gasteiger partial charge in [0.2, 0.25) is 0 Å². The van der Waals surface area contributed by atoms with E-state index < -0.39 is 0 Å². The van der Waals surface area contributed by atoms with Gasteiger partial charge in [0.25, 0.3) is 0 Å². The van der Waals surface area contributed by atoms with E-state index in [0.29, 0.717) is 11.2 Å². The molecular weight excluding hydrogens is 222 g/mol. The summed E-state index contributed by atoms with van der Waals surface area (Å²) in [7, 11) is 0. The van der Waals surface area contributed by atoms with Crippen molar-refractivity contribution in [2.45, 2.75) is 49.7 Å². The summed E-state index contributed by atoms with van der Waals surface area (Å²) in [4.78, 5) is 0. The quantitative estimate of drug-likeness (QED) is 0.749. The summed E-state index contributed by atoms with van der Waals surface area (Å²) in [5.41, 5.74) is 6.13. The fraction of sp³-hybridized carbons (Fsp3) is 1.00. The lowest BCUT2D eigenvalue weighted by molar-refractivity contribution is 0.0997. The van der Waals surface area contributed by atoms with Gasteiger partial charge in [-0.2, -0.15) is 11.8 Å². The Morgan fingerprint density at radius 1 is 1.38 bits per heavy atom. The minimum absolute atomic E-state index is 0.109. The van der Waals surface area contributed by atoms with Crippen LogP contribution in [0.1, 0.15) is 33.1 Å². The molecule has 1 heterocycles. The van der Waals surface area contributed by atoms with Crippen LogP contribution in [0.3, 0.4) is 0 Å². The Balaban J connectivity index is 2.34. The van der Waals surface area contributed by atoms with Gasteiger partial charge in [-0.25, -0.2) is 0 Å². The summed E-state index contributed by atoms with van der Waals surface area (Å²) in [6.45, 7) is 6.25. The molecule has 3 nitrogen and oxygen atoms in total. The predicted molar refractivity (Wildman–Crippen MR) is 69.7 cm³/mol. The molecule has 0 aromatic rings. The van der Waals surface area contributed by atoms with Crippen molar-refractivity contribution in [2.75, 3.05) is 19.8 Å². The van der Waals surface area contributed by atoms with Crippen LogP contribution in [0.15, 0.2) is 0 Å². The molecule has 0 aromatic heterocycles. The van der Waals surface area contributed by atoms with Crippen LogP contribution in [-0.2, 0) is 4.74 Å². The first kappa shape index (κ1) is 14.3. The van der Waals surface area contributed by atoms with Crippen LogP contribution in [0, 0.1) is 5.92 Å². The van der Waals surface area contributed by atoms with Crippen molar-refractivity contribution in [1.29, 1.82) is 0 Å². The van der Waals surface area contributed by atoms with Gasteiger partial charge in [-0.15, -0.1) is 0 Å². The van der Waals surface area contributed by atoms with Gasteiger partial charge < -0.3 is 15.6 Å². The van der Waals surface area contributed by atoms with Crippen molar-refractivity contribution < 1.29 is 9.84 Å². The van der Waals surface area contributed by atoms with Crippen molar-refractivity contribution in [3.63, 3.8) is 0 Å². The zero-order valence-corrected chi connectivity index (χ0v) is 11.2. The van der Waals surface area contributed by atoms with E-state index in [4.69, 9.17) is 10.5 Å². The maximum Gasteiger partial charge on any atom is 0.0565 e. The molecule has 1 rings (SSSR count). The number of hydrogen-bond acceptors (Lipinski definition) is 4. The lowest BCUT2D eigenvalue weighted by Gasteiger charge is -2.29. The van der Waals surface area contributed by atoms with Gasteiger partial charge in [-0.05, 0) is 25.2 Å². The first-order valence-electron chi connectivity index (χ1n) is 6.23. The molecule has 1 saturated heterocycles. The van der Waals surface area contributed by atoms with Crippen molar-refractivity contribution >= 4 is 11.8 Å². The van der Waals surface area contributed by atoms with E-state index >= 15 is 0 Å². The lowest BCUT2D eigenvalue weighted by Crippen LogP contribution is -2.38. The largest absolute Gasteiger partial charge is 0.395 e. The molecule has 0 saturated carbocycles. The Morgan fingerprint density at radius 2 is 2.00 bits per heavy atom. The highest BCUT2D eigenvalue weighted by Crippen LogP contribution is 2.28. The molecule has 1 aliphatic heterocycles. The van der Waals surface area contributed by atoms with Crippen molar-refractivity contribution in [1.82, 2.24) is 0 Å². The van der Waals surface area contributed by atoms with Crippen LogP contribution in [0.2, 0.25) is 0 Å². The summed E-state index contributed by atoms with van der Waals surface area (Å²) < 4.78 is 5.33. The molecule has 4 heteroatoms. The second kappa shape index (κ2) is 7.54. The van der Waals surface area contributed by atoms with Gasteiger partial charge in [0.15, 0.2) is 0 Å². The van der Waals surface area contributed by atoms with Crippen molar-refractivity contribution in [3.8, 4) is 0 Å². The number of ether oxygens (including phenoxy) is 1. The monoisotopic (exact) mass is 247 g/mol. The highest BCUT2D eigenvalue weighted by atomic mass is 32.2. The first-order chi connectivity index (χ1) is 7.63. The Labute approximate surface area is 103 Å². The standard InChI is InChI=1S/C12H25NO2S/c1-9(2)7-11(13)12(8-14)16-10-3-5-15-6-4-10/h9-12,14H,3-8,13H2,1-2H3.